The molecule has 2 aromatic rings. The van der Waals surface area contributed by atoms with E-state index in [2.05, 4.69) is 18.9 Å². The van der Waals surface area contributed by atoms with Crippen molar-refractivity contribution in [3.63, 3.8) is 0 Å². The highest BCUT2D eigenvalue weighted by atomic mass is 35.5. The Labute approximate surface area is 114 Å². The summed E-state index contributed by atoms with van der Waals surface area (Å²) in [6.07, 6.45) is 6.05. The van der Waals surface area contributed by atoms with Gasteiger partial charge in [-0.3, -0.25) is 0 Å². The van der Waals surface area contributed by atoms with Crippen molar-refractivity contribution in [2.75, 3.05) is 0 Å². The first-order valence-corrected chi connectivity index (χ1v) is 6.88. The van der Waals surface area contributed by atoms with E-state index in [4.69, 9.17) is 11.6 Å². The number of para-hydroxylation sites is 1. The maximum atomic E-state index is 6.43. The number of benzene rings is 1. The first-order valence-electron chi connectivity index (χ1n) is 6.44. The second kappa shape index (κ2) is 6.05. The van der Waals surface area contributed by atoms with E-state index in [1.807, 2.05) is 47.4 Å². The van der Waals surface area contributed by atoms with E-state index in [1.54, 1.807) is 0 Å². The molecule has 2 atom stereocenters. The van der Waals surface area contributed by atoms with Crippen LogP contribution in [0, 0.1) is 5.92 Å². The van der Waals surface area contributed by atoms with Crippen molar-refractivity contribution in [1.82, 2.24) is 9.78 Å². The number of hydrogen-bond donors (Lipinski definition) is 0. The van der Waals surface area contributed by atoms with Crippen LogP contribution in [0.1, 0.15) is 37.6 Å². The highest BCUT2D eigenvalue weighted by Gasteiger charge is 2.13. The van der Waals surface area contributed by atoms with Crippen molar-refractivity contribution in [2.45, 2.75) is 32.1 Å². The van der Waals surface area contributed by atoms with Gasteiger partial charge in [0.15, 0.2) is 0 Å². The van der Waals surface area contributed by atoms with Gasteiger partial charge in [-0.1, -0.05) is 38.5 Å². The molecular formula is C15H19ClN2. The predicted octanol–water partition coefficient (Wildman–Crippen LogP) is 4.59. The summed E-state index contributed by atoms with van der Waals surface area (Å²) in [5.74, 6) is 0.646. The molecule has 96 valence electrons. The number of nitrogens with zero attached hydrogens (tertiary/aromatic N) is 2. The Morgan fingerprint density at radius 1 is 1.28 bits per heavy atom. The minimum Gasteiger partial charge on any atom is -0.241 e. The van der Waals surface area contributed by atoms with Crippen LogP contribution in [0.4, 0.5) is 0 Å². The van der Waals surface area contributed by atoms with Gasteiger partial charge in [-0.25, -0.2) is 4.68 Å². The Bertz CT molecular complexity index is 478. The van der Waals surface area contributed by atoms with Crippen LogP contribution in [0.2, 0.25) is 0 Å². The van der Waals surface area contributed by atoms with E-state index in [0.717, 1.165) is 24.1 Å². The van der Waals surface area contributed by atoms with E-state index in [0.29, 0.717) is 5.92 Å². The maximum Gasteiger partial charge on any atom is 0.0645 e. The van der Waals surface area contributed by atoms with Crippen LogP contribution in [0.5, 0.6) is 0 Å². The lowest BCUT2D eigenvalue weighted by atomic mass is 10.0. The highest BCUT2D eigenvalue weighted by molar-refractivity contribution is 6.20. The molecule has 0 spiro atoms. The number of rotatable bonds is 5. The average molecular weight is 263 g/mol. The van der Waals surface area contributed by atoms with Crippen LogP contribution in [-0.2, 0) is 0 Å². The molecule has 1 aromatic carbocycles. The molecule has 0 saturated heterocycles. The minimum absolute atomic E-state index is 0.0532. The topological polar surface area (TPSA) is 17.8 Å². The van der Waals surface area contributed by atoms with Gasteiger partial charge in [-0.2, -0.15) is 5.10 Å². The Kier molecular flexibility index (Phi) is 4.43. The fourth-order valence-corrected chi connectivity index (χ4v) is 2.29. The Morgan fingerprint density at radius 2 is 2.00 bits per heavy atom. The van der Waals surface area contributed by atoms with Crippen LogP contribution in [-0.4, -0.2) is 9.78 Å². The number of halogens is 1. The lowest BCUT2D eigenvalue weighted by molar-refractivity contribution is 0.508. The summed E-state index contributed by atoms with van der Waals surface area (Å²) < 4.78 is 1.88. The van der Waals surface area contributed by atoms with E-state index in [-0.39, 0.29) is 5.38 Å². The van der Waals surface area contributed by atoms with E-state index >= 15 is 0 Å². The van der Waals surface area contributed by atoms with Crippen molar-refractivity contribution in [3.8, 4) is 5.69 Å². The van der Waals surface area contributed by atoms with Crippen LogP contribution in [0.15, 0.2) is 42.7 Å². The SMILES string of the molecule is CCC(C)CC(Cl)c1cnn(-c2ccccc2)c1. The van der Waals surface area contributed by atoms with Crippen LogP contribution >= 0.6 is 11.6 Å². The molecule has 2 rings (SSSR count). The second-order valence-corrected chi connectivity index (χ2v) is 5.30. The summed E-state index contributed by atoms with van der Waals surface area (Å²) in [6, 6.07) is 10.1. The molecule has 0 aliphatic heterocycles. The molecule has 0 fully saturated rings. The first kappa shape index (κ1) is 13.2. The normalized spacial score (nSPS) is 14.4. The third-order valence-electron chi connectivity index (χ3n) is 3.29. The van der Waals surface area contributed by atoms with Crippen LogP contribution < -0.4 is 0 Å². The first-order chi connectivity index (χ1) is 8.70. The second-order valence-electron chi connectivity index (χ2n) is 4.77. The molecule has 2 nitrogen and oxygen atoms in total. The number of hydrogen-bond acceptors (Lipinski definition) is 1. The zero-order valence-electron chi connectivity index (χ0n) is 10.9. The van der Waals surface area contributed by atoms with Crippen molar-refractivity contribution in [3.05, 3.63) is 48.3 Å². The highest BCUT2D eigenvalue weighted by Crippen LogP contribution is 2.29. The molecule has 1 heterocycles. The molecule has 0 saturated carbocycles. The van der Waals surface area contributed by atoms with E-state index in [9.17, 15) is 0 Å². The zero-order valence-corrected chi connectivity index (χ0v) is 11.6. The largest absolute Gasteiger partial charge is 0.241 e. The van der Waals surface area contributed by atoms with Gasteiger partial charge in [0.05, 0.1) is 17.3 Å². The quantitative estimate of drug-likeness (QED) is 0.721. The fraction of sp³-hybridized carbons (Fsp3) is 0.400. The predicted molar refractivity (Wildman–Crippen MR) is 76.2 cm³/mol. The Hall–Kier alpha value is -1.28. The zero-order chi connectivity index (χ0) is 13.0. The molecular weight excluding hydrogens is 244 g/mol. The van der Waals surface area contributed by atoms with Crippen molar-refractivity contribution in [1.29, 1.82) is 0 Å². The number of aromatic nitrogens is 2. The molecule has 0 amide bonds. The molecule has 18 heavy (non-hydrogen) atoms. The third-order valence-corrected chi connectivity index (χ3v) is 3.72. The van der Waals surface area contributed by atoms with Gasteiger partial charge in [0.1, 0.15) is 0 Å². The monoisotopic (exact) mass is 262 g/mol. The van der Waals surface area contributed by atoms with E-state index in [1.165, 1.54) is 0 Å². The lowest BCUT2D eigenvalue weighted by Crippen LogP contribution is -1.98. The summed E-state index contributed by atoms with van der Waals surface area (Å²) in [6.45, 7) is 4.43. The summed E-state index contributed by atoms with van der Waals surface area (Å²) in [4.78, 5) is 0. The van der Waals surface area contributed by atoms with Gasteiger partial charge in [-0.05, 0) is 24.5 Å². The Balaban J connectivity index is 2.11. The van der Waals surface area contributed by atoms with Crippen molar-refractivity contribution >= 4 is 11.6 Å². The van der Waals surface area contributed by atoms with Gasteiger partial charge in [0, 0.05) is 11.8 Å². The van der Waals surface area contributed by atoms with Crippen LogP contribution in [0.3, 0.4) is 0 Å². The molecule has 0 aliphatic carbocycles. The van der Waals surface area contributed by atoms with Crippen molar-refractivity contribution in [2.24, 2.45) is 5.92 Å². The number of alkyl halides is 1. The molecule has 3 heteroatoms. The maximum absolute atomic E-state index is 6.43. The lowest BCUT2D eigenvalue weighted by Gasteiger charge is -2.12. The molecule has 1 aromatic heterocycles. The van der Waals surface area contributed by atoms with Crippen LogP contribution in [0.25, 0.3) is 5.69 Å². The molecule has 2 unspecified atom stereocenters. The van der Waals surface area contributed by atoms with Gasteiger partial charge in [0.2, 0.25) is 0 Å². The standard InChI is InChI=1S/C15H19ClN2/c1-3-12(2)9-15(16)13-10-17-18(11-13)14-7-5-4-6-8-14/h4-8,10-12,15H,3,9H2,1-2H3. The molecule has 0 bridgehead atoms. The fourth-order valence-electron chi connectivity index (χ4n) is 1.88. The summed E-state index contributed by atoms with van der Waals surface area (Å²) in [5.41, 5.74) is 2.16. The van der Waals surface area contributed by atoms with E-state index < -0.39 is 0 Å². The third kappa shape index (κ3) is 3.14. The summed E-state index contributed by atoms with van der Waals surface area (Å²) in [5, 5.41) is 4.43. The molecule has 0 aliphatic rings. The van der Waals surface area contributed by atoms with Crippen molar-refractivity contribution < 1.29 is 0 Å². The van der Waals surface area contributed by atoms with Gasteiger partial charge < -0.3 is 0 Å². The summed E-state index contributed by atoms with van der Waals surface area (Å²) in [7, 11) is 0. The Morgan fingerprint density at radius 3 is 2.67 bits per heavy atom. The minimum atomic E-state index is 0.0532. The molecule has 0 N–H and O–H groups in total. The van der Waals surface area contributed by atoms with Gasteiger partial charge >= 0.3 is 0 Å². The average Bonchev–Trinajstić information content (AvgIpc) is 2.89. The van der Waals surface area contributed by atoms with Gasteiger partial charge in [-0.15, -0.1) is 11.6 Å². The smallest absolute Gasteiger partial charge is 0.0645 e. The molecule has 0 radical (unpaired) electrons. The summed E-state index contributed by atoms with van der Waals surface area (Å²) >= 11 is 6.43. The van der Waals surface area contributed by atoms with Gasteiger partial charge in [0.25, 0.3) is 0 Å².